The molecule has 0 aromatic carbocycles. The van der Waals surface area contributed by atoms with Crippen molar-refractivity contribution in [1.29, 1.82) is 0 Å². The monoisotopic (exact) mass is 406 g/mol. The van der Waals surface area contributed by atoms with Crippen LogP contribution in [-0.4, -0.2) is 48.0 Å². The fourth-order valence-corrected chi connectivity index (χ4v) is 3.63. The van der Waals surface area contributed by atoms with Crippen molar-refractivity contribution in [3.8, 4) is 0 Å². The predicted molar refractivity (Wildman–Crippen MR) is 107 cm³/mol. The van der Waals surface area contributed by atoms with Crippen LogP contribution >= 0.6 is 24.8 Å². The number of halogens is 2. The van der Waals surface area contributed by atoms with Crippen molar-refractivity contribution in [2.45, 2.75) is 58.5 Å². The molecule has 0 bridgehead atoms. The van der Waals surface area contributed by atoms with E-state index in [1.807, 2.05) is 13.8 Å². The zero-order chi connectivity index (χ0) is 16.9. The molecule has 26 heavy (non-hydrogen) atoms. The lowest BCUT2D eigenvalue weighted by Gasteiger charge is -2.31. The van der Waals surface area contributed by atoms with Gasteiger partial charge in [-0.1, -0.05) is 0 Å². The first kappa shape index (κ1) is 23.2. The summed E-state index contributed by atoms with van der Waals surface area (Å²) < 4.78 is 5.67. The summed E-state index contributed by atoms with van der Waals surface area (Å²) >= 11 is 0. The second-order valence-corrected chi connectivity index (χ2v) is 7.27. The molecule has 1 atom stereocenters. The van der Waals surface area contributed by atoms with Crippen LogP contribution in [0.4, 0.5) is 0 Å². The second kappa shape index (κ2) is 11.1. The smallest absolute Gasteiger partial charge is 0.221 e. The summed E-state index contributed by atoms with van der Waals surface area (Å²) in [5.74, 6) is 2.53. The second-order valence-electron chi connectivity index (χ2n) is 7.27. The number of piperidine rings is 1. The van der Waals surface area contributed by atoms with E-state index in [2.05, 4.69) is 20.5 Å². The minimum absolute atomic E-state index is 0. The molecule has 6 nitrogen and oxygen atoms in total. The number of likely N-dealkylation sites (tertiary alicyclic amines) is 1. The Balaban J connectivity index is 0.00000169. The van der Waals surface area contributed by atoms with E-state index in [0.29, 0.717) is 18.4 Å². The van der Waals surface area contributed by atoms with Crippen LogP contribution in [0.5, 0.6) is 0 Å². The van der Waals surface area contributed by atoms with Gasteiger partial charge in [-0.25, -0.2) is 4.98 Å². The molecule has 0 aliphatic carbocycles. The van der Waals surface area contributed by atoms with Gasteiger partial charge in [0.1, 0.15) is 5.76 Å². The molecule has 0 saturated carbocycles. The first-order valence-electron chi connectivity index (χ1n) is 9.25. The Bertz CT molecular complexity index is 534. The Hall–Kier alpha value is -0.820. The molecular weight excluding hydrogens is 375 g/mol. The van der Waals surface area contributed by atoms with Crippen molar-refractivity contribution in [2.24, 2.45) is 5.92 Å². The molecule has 0 spiro atoms. The summed E-state index contributed by atoms with van der Waals surface area (Å²) in [4.78, 5) is 18.9. The Morgan fingerprint density at radius 3 is 2.58 bits per heavy atom. The number of aryl methyl sites for hydroxylation is 2. The van der Waals surface area contributed by atoms with E-state index in [-0.39, 0.29) is 30.7 Å². The third-order valence-corrected chi connectivity index (χ3v) is 5.32. The fraction of sp³-hybridized carbons (Fsp3) is 0.778. The van der Waals surface area contributed by atoms with Crippen LogP contribution in [0.2, 0.25) is 0 Å². The van der Waals surface area contributed by atoms with E-state index in [1.54, 1.807) is 0 Å². The van der Waals surface area contributed by atoms with Crippen molar-refractivity contribution in [3.05, 3.63) is 17.3 Å². The zero-order valence-electron chi connectivity index (χ0n) is 15.8. The first-order valence-corrected chi connectivity index (χ1v) is 9.25. The average Bonchev–Trinajstić information content (AvgIpc) is 3.17. The molecule has 1 aromatic rings. The maximum absolute atomic E-state index is 12.0. The van der Waals surface area contributed by atoms with Crippen molar-refractivity contribution in [3.63, 3.8) is 0 Å². The van der Waals surface area contributed by atoms with Crippen LogP contribution in [0, 0.1) is 19.8 Å². The Labute approximate surface area is 168 Å². The summed E-state index contributed by atoms with van der Waals surface area (Å²) in [6.45, 7) is 8.70. The van der Waals surface area contributed by atoms with E-state index >= 15 is 0 Å². The van der Waals surface area contributed by atoms with E-state index < -0.39 is 0 Å². The lowest BCUT2D eigenvalue weighted by Crippen LogP contribution is -2.39. The maximum atomic E-state index is 12.0. The third-order valence-electron chi connectivity index (χ3n) is 5.32. The van der Waals surface area contributed by atoms with Crippen molar-refractivity contribution in [1.82, 2.24) is 20.5 Å². The fourth-order valence-electron chi connectivity index (χ4n) is 3.63. The van der Waals surface area contributed by atoms with Gasteiger partial charge in [-0.05, 0) is 65.1 Å². The average molecular weight is 407 g/mol. The summed E-state index contributed by atoms with van der Waals surface area (Å²) in [6.07, 6.45) is 5.20. The van der Waals surface area contributed by atoms with Gasteiger partial charge in [0.25, 0.3) is 0 Å². The van der Waals surface area contributed by atoms with Gasteiger partial charge in [0.05, 0.1) is 12.2 Å². The number of hydrogen-bond acceptors (Lipinski definition) is 5. The molecule has 3 rings (SSSR count). The quantitative estimate of drug-likeness (QED) is 0.759. The third kappa shape index (κ3) is 6.72. The number of rotatable bonds is 6. The van der Waals surface area contributed by atoms with E-state index in [1.165, 1.54) is 6.42 Å². The van der Waals surface area contributed by atoms with E-state index in [0.717, 1.165) is 69.3 Å². The molecule has 0 radical (unpaired) electrons. The van der Waals surface area contributed by atoms with Gasteiger partial charge in [-0.2, -0.15) is 0 Å². The number of amides is 1. The van der Waals surface area contributed by atoms with Crippen molar-refractivity contribution >= 4 is 30.7 Å². The standard InChI is InChI=1S/C18H30N4O2.2ClH/c1-13-14(2)24-18(21-13)12-22-8-5-15(6-9-22)11-20-17(23)10-16-4-3-7-19-16;;/h15-16,19H,3-12H2,1-2H3,(H,20,23);2*1H. The molecule has 2 fully saturated rings. The van der Waals surface area contributed by atoms with Gasteiger partial charge in [0.2, 0.25) is 11.8 Å². The van der Waals surface area contributed by atoms with E-state index in [4.69, 9.17) is 4.42 Å². The highest BCUT2D eigenvalue weighted by molar-refractivity contribution is 5.85. The van der Waals surface area contributed by atoms with Crippen molar-refractivity contribution < 1.29 is 9.21 Å². The van der Waals surface area contributed by atoms with Gasteiger partial charge >= 0.3 is 0 Å². The molecular formula is C18H32Cl2N4O2. The molecule has 2 aliphatic heterocycles. The Morgan fingerprint density at radius 1 is 1.27 bits per heavy atom. The maximum Gasteiger partial charge on any atom is 0.221 e. The van der Waals surface area contributed by atoms with Crippen molar-refractivity contribution in [2.75, 3.05) is 26.2 Å². The molecule has 150 valence electrons. The zero-order valence-corrected chi connectivity index (χ0v) is 17.4. The molecule has 1 aromatic heterocycles. The first-order chi connectivity index (χ1) is 11.6. The van der Waals surface area contributed by atoms with E-state index in [9.17, 15) is 4.79 Å². The van der Waals surface area contributed by atoms with Gasteiger partial charge < -0.3 is 15.1 Å². The number of carbonyl (C=O) groups is 1. The SMILES string of the molecule is Cc1nc(CN2CCC(CNC(=O)CC3CCCN3)CC2)oc1C.Cl.Cl. The summed E-state index contributed by atoms with van der Waals surface area (Å²) in [6, 6.07) is 0.388. The number of aromatic nitrogens is 1. The van der Waals surface area contributed by atoms with Crippen LogP contribution in [-0.2, 0) is 11.3 Å². The highest BCUT2D eigenvalue weighted by atomic mass is 35.5. The Kier molecular flexibility index (Phi) is 9.93. The normalized spacial score (nSPS) is 21.1. The summed E-state index contributed by atoms with van der Waals surface area (Å²) in [7, 11) is 0. The minimum Gasteiger partial charge on any atom is -0.444 e. The van der Waals surface area contributed by atoms with Crippen LogP contribution < -0.4 is 10.6 Å². The van der Waals surface area contributed by atoms with Crippen LogP contribution in [0.3, 0.4) is 0 Å². The highest BCUT2D eigenvalue weighted by Gasteiger charge is 2.22. The number of oxazole rings is 1. The minimum atomic E-state index is 0. The number of nitrogens with zero attached hydrogens (tertiary/aromatic N) is 2. The topological polar surface area (TPSA) is 70.4 Å². The number of hydrogen-bond donors (Lipinski definition) is 2. The highest BCUT2D eigenvalue weighted by Crippen LogP contribution is 2.19. The van der Waals surface area contributed by atoms with Crippen LogP contribution in [0.25, 0.3) is 0 Å². The molecule has 1 amide bonds. The van der Waals surface area contributed by atoms with Gasteiger partial charge in [0.15, 0.2) is 0 Å². The summed E-state index contributed by atoms with van der Waals surface area (Å²) in [5, 5.41) is 6.50. The van der Waals surface area contributed by atoms with Crippen LogP contribution in [0.15, 0.2) is 4.42 Å². The van der Waals surface area contributed by atoms with Gasteiger partial charge in [-0.15, -0.1) is 24.8 Å². The molecule has 2 saturated heterocycles. The van der Waals surface area contributed by atoms with Gasteiger partial charge in [0, 0.05) is 19.0 Å². The molecule has 2 N–H and O–H groups in total. The predicted octanol–water partition coefficient (Wildman–Crippen LogP) is 2.61. The van der Waals surface area contributed by atoms with Crippen LogP contribution in [0.1, 0.15) is 49.4 Å². The lowest BCUT2D eigenvalue weighted by atomic mass is 9.96. The molecule has 2 aliphatic rings. The van der Waals surface area contributed by atoms with Gasteiger partial charge in [-0.3, -0.25) is 9.69 Å². The molecule has 8 heteroatoms. The summed E-state index contributed by atoms with van der Waals surface area (Å²) in [5.41, 5.74) is 0.986. The Morgan fingerprint density at radius 2 is 2.00 bits per heavy atom. The largest absolute Gasteiger partial charge is 0.444 e. The lowest BCUT2D eigenvalue weighted by molar-refractivity contribution is -0.121. The number of nitrogens with one attached hydrogen (secondary N) is 2. The molecule has 1 unspecified atom stereocenters. The number of carbonyl (C=O) groups excluding carboxylic acids is 1. The molecule has 3 heterocycles.